The fourth-order valence-corrected chi connectivity index (χ4v) is 5.79. The lowest BCUT2D eigenvalue weighted by Crippen LogP contribution is -2.29. The van der Waals surface area contributed by atoms with Gasteiger partial charge in [0.15, 0.2) is 5.11 Å². The molecule has 0 amide bonds. The van der Waals surface area contributed by atoms with Crippen LogP contribution in [0.3, 0.4) is 0 Å². The summed E-state index contributed by atoms with van der Waals surface area (Å²) in [6, 6.07) is 30.4. The van der Waals surface area contributed by atoms with Gasteiger partial charge >= 0.3 is 0 Å². The number of ether oxygens (including phenoxy) is 1. The predicted octanol–water partition coefficient (Wildman–Crippen LogP) is 7.91. The van der Waals surface area contributed by atoms with Gasteiger partial charge in [-0.25, -0.2) is 4.39 Å². The average Bonchev–Trinajstić information content (AvgIpc) is 3.46. The van der Waals surface area contributed by atoms with Gasteiger partial charge in [-0.2, -0.15) is 0 Å². The van der Waals surface area contributed by atoms with Crippen molar-refractivity contribution in [2.45, 2.75) is 32.9 Å². The van der Waals surface area contributed by atoms with Crippen molar-refractivity contribution in [1.82, 2.24) is 14.9 Å². The number of nitrogens with one attached hydrogen (secondary N) is 1. The minimum Gasteiger partial charge on any atom is -0.457 e. The van der Waals surface area contributed by atoms with Gasteiger partial charge in [-0.1, -0.05) is 23.8 Å². The summed E-state index contributed by atoms with van der Waals surface area (Å²) in [4.78, 5) is 6.83. The van der Waals surface area contributed by atoms with E-state index in [-0.39, 0.29) is 17.9 Å². The van der Waals surface area contributed by atoms with Crippen LogP contribution >= 0.6 is 12.2 Å². The second-order valence-electron chi connectivity index (χ2n) is 10.0. The first-order valence-electron chi connectivity index (χ1n) is 13.2. The van der Waals surface area contributed by atoms with E-state index in [4.69, 9.17) is 17.0 Å². The van der Waals surface area contributed by atoms with Gasteiger partial charge in [-0.05, 0) is 117 Å². The highest BCUT2D eigenvalue weighted by Crippen LogP contribution is 2.44. The molecular formula is C33H29FN4OS. The predicted molar refractivity (Wildman–Crippen MR) is 161 cm³/mol. The van der Waals surface area contributed by atoms with Crippen LogP contribution in [0.1, 0.15) is 40.3 Å². The molecule has 1 aliphatic heterocycles. The van der Waals surface area contributed by atoms with Gasteiger partial charge in [0.1, 0.15) is 17.3 Å². The maximum atomic E-state index is 13.7. The highest BCUT2D eigenvalue weighted by Gasteiger charge is 2.42. The number of pyridine rings is 1. The third-order valence-corrected chi connectivity index (χ3v) is 7.66. The molecule has 3 heterocycles. The molecule has 1 aliphatic rings. The van der Waals surface area contributed by atoms with Gasteiger partial charge in [0.2, 0.25) is 0 Å². The molecule has 0 spiro atoms. The van der Waals surface area contributed by atoms with Crippen molar-refractivity contribution >= 4 is 23.0 Å². The van der Waals surface area contributed by atoms with Crippen LogP contribution in [0.5, 0.6) is 11.5 Å². The summed E-state index contributed by atoms with van der Waals surface area (Å²) in [5, 5.41) is 4.16. The maximum Gasteiger partial charge on any atom is 0.174 e. The summed E-state index contributed by atoms with van der Waals surface area (Å²) in [7, 11) is 0. The fourth-order valence-electron chi connectivity index (χ4n) is 5.44. The molecule has 2 aromatic heterocycles. The van der Waals surface area contributed by atoms with E-state index in [2.05, 4.69) is 46.6 Å². The molecule has 0 saturated carbocycles. The second kappa shape index (κ2) is 10.6. The normalized spacial score (nSPS) is 16.7. The highest BCUT2D eigenvalue weighted by molar-refractivity contribution is 7.80. The van der Waals surface area contributed by atoms with Crippen molar-refractivity contribution < 1.29 is 9.13 Å². The van der Waals surface area contributed by atoms with Crippen LogP contribution in [0.4, 0.5) is 10.1 Å². The minimum absolute atomic E-state index is 0.160. The summed E-state index contributed by atoms with van der Waals surface area (Å²) < 4.78 is 21.9. The van der Waals surface area contributed by atoms with Gasteiger partial charge in [0.25, 0.3) is 0 Å². The maximum absolute atomic E-state index is 13.7. The van der Waals surface area contributed by atoms with Crippen LogP contribution in [-0.4, -0.2) is 14.7 Å². The average molecular weight is 549 g/mol. The monoisotopic (exact) mass is 548 g/mol. The zero-order chi connectivity index (χ0) is 27.8. The van der Waals surface area contributed by atoms with Crippen molar-refractivity contribution in [3.63, 3.8) is 0 Å². The smallest absolute Gasteiger partial charge is 0.174 e. The van der Waals surface area contributed by atoms with Gasteiger partial charge in [-0.15, -0.1) is 0 Å². The lowest BCUT2D eigenvalue weighted by Gasteiger charge is -2.28. The number of rotatable bonds is 6. The van der Waals surface area contributed by atoms with E-state index in [0.29, 0.717) is 5.11 Å². The summed E-state index contributed by atoms with van der Waals surface area (Å²) in [6.45, 7) is 6.22. The first-order chi connectivity index (χ1) is 19.4. The lowest BCUT2D eigenvalue weighted by molar-refractivity contribution is 0.482. The molecule has 1 fully saturated rings. The van der Waals surface area contributed by atoms with E-state index >= 15 is 0 Å². The Hall–Kier alpha value is -4.49. The molecule has 40 heavy (non-hydrogen) atoms. The summed E-state index contributed by atoms with van der Waals surface area (Å²) in [5.41, 5.74) is 7.18. The van der Waals surface area contributed by atoms with Crippen LogP contribution in [-0.2, 0) is 0 Å². The van der Waals surface area contributed by atoms with Gasteiger partial charge in [0, 0.05) is 29.0 Å². The SMILES string of the molecule is Cc1ccc(Oc2ccc(N3C(=S)N[C@H](c4ccccn4)[C@H]3c3cc(C)n(-c4ccc(F)cc4)c3C)cc2)cc1. The van der Waals surface area contributed by atoms with Crippen molar-refractivity contribution in [1.29, 1.82) is 0 Å². The molecule has 2 atom stereocenters. The number of aromatic nitrogens is 2. The zero-order valence-electron chi connectivity index (χ0n) is 22.5. The van der Waals surface area contributed by atoms with E-state index in [9.17, 15) is 4.39 Å². The third kappa shape index (κ3) is 4.84. The minimum atomic E-state index is -0.257. The first-order valence-corrected chi connectivity index (χ1v) is 13.6. The molecule has 7 heteroatoms. The Balaban J connectivity index is 1.40. The molecule has 5 aromatic rings. The van der Waals surface area contributed by atoms with Crippen molar-refractivity contribution in [3.8, 4) is 17.2 Å². The molecule has 200 valence electrons. The van der Waals surface area contributed by atoms with Gasteiger partial charge < -0.3 is 19.5 Å². The fraction of sp³-hybridized carbons (Fsp3) is 0.152. The zero-order valence-corrected chi connectivity index (χ0v) is 23.3. The molecule has 0 radical (unpaired) electrons. The quantitative estimate of drug-likeness (QED) is 0.219. The number of thiocarbonyl (C=S) groups is 1. The standard InChI is InChI=1S/C33H29FN4OS/c1-21-7-15-27(16-8-21)39-28-17-13-26(14-18-28)38-32(31(36-33(38)40)30-6-4-5-19-35-30)29-20-22(2)37(23(29)3)25-11-9-24(34)10-12-25/h4-20,31-32H,1-3H3,(H,36,40)/t31-,32-/m1/s1. The van der Waals surface area contributed by atoms with E-state index in [1.807, 2.05) is 66.7 Å². The Morgan fingerprint density at radius 1 is 0.825 bits per heavy atom. The van der Waals surface area contributed by atoms with E-state index in [1.165, 1.54) is 17.7 Å². The topological polar surface area (TPSA) is 42.3 Å². The van der Waals surface area contributed by atoms with Crippen LogP contribution < -0.4 is 15.0 Å². The lowest BCUT2D eigenvalue weighted by atomic mass is 9.96. The highest BCUT2D eigenvalue weighted by atomic mass is 32.1. The van der Waals surface area contributed by atoms with Crippen LogP contribution in [0.15, 0.2) is 103 Å². The van der Waals surface area contributed by atoms with E-state index < -0.39 is 0 Å². The number of hydrogen-bond acceptors (Lipinski definition) is 3. The number of benzene rings is 3. The van der Waals surface area contributed by atoms with Crippen molar-refractivity contribution in [2.24, 2.45) is 0 Å². The molecule has 6 rings (SSSR count). The Kier molecular flexibility index (Phi) is 6.82. The number of anilines is 1. The second-order valence-corrected chi connectivity index (χ2v) is 10.4. The van der Waals surface area contributed by atoms with Crippen LogP contribution in [0.2, 0.25) is 0 Å². The molecule has 5 nitrogen and oxygen atoms in total. The Bertz CT molecular complexity index is 1650. The largest absolute Gasteiger partial charge is 0.457 e. The molecule has 1 N–H and O–H groups in total. The van der Waals surface area contributed by atoms with Gasteiger partial charge in [0.05, 0.1) is 17.8 Å². The number of nitrogens with zero attached hydrogens (tertiary/aromatic N) is 3. The van der Waals surface area contributed by atoms with Gasteiger partial charge in [-0.3, -0.25) is 4.98 Å². The number of aryl methyl sites for hydroxylation is 2. The Morgan fingerprint density at radius 3 is 2.12 bits per heavy atom. The molecular weight excluding hydrogens is 519 g/mol. The third-order valence-electron chi connectivity index (χ3n) is 7.34. The van der Waals surface area contributed by atoms with E-state index in [1.54, 1.807) is 18.3 Å². The number of halogens is 1. The summed E-state index contributed by atoms with van der Waals surface area (Å²) >= 11 is 5.92. The first kappa shape index (κ1) is 25.8. The molecule has 1 saturated heterocycles. The van der Waals surface area contributed by atoms with E-state index in [0.717, 1.165) is 45.5 Å². The number of hydrogen-bond donors (Lipinski definition) is 1. The Morgan fingerprint density at radius 2 is 1.48 bits per heavy atom. The van der Waals surface area contributed by atoms with Crippen molar-refractivity contribution in [3.05, 3.63) is 137 Å². The van der Waals surface area contributed by atoms with Crippen LogP contribution in [0, 0.1) is 26.6 Å². The Labute approximate surface area is 238 Å². The molecule has 0 aliphatic carbocycles. The van der Waals surface area contributed by atoms with Crippen molar-refractivity contribution in [2.75, 3.05) is 4.90 Å². The molecule has 3 aromatic carbocycles. The molecule has 0 unspecified atom stereocenters. The molecule has 0 bridgehead atoms. The summed E-state index contributed by atoms with van der Waals surface area (Å²) in [6.07, 6.45) is 1.80. The summed E-state index contributed by atoms with van der Waals surface area (Å²) in [5.74, 6) is 1.28. The van der Waals surface area contributed by atoms with Crippen LogP contribution in [0.25, 0.3) is 5.69 Å².